The summed E-state index contributed by atoms with van der Waals surface area (Å²) in [5.41, 5.74) is 2.57. The molecular weight excluding hydrogens is 500 g/mol. The summed E-state index contributed by atoms with van der Waals surface area (Å²) in [4.78, 5) is 54.1. The van der Waals surface area contributed by atoms with E-state index in [1.165, 1.54) is 22.8 Å². The van der Waals surface area contributed by atoms with Crippen LogP contribution in [0, 0.1) is 19.8 Å². The molecule has 2 aromatic rings. The standard InChI is InChI=1S/C25H22N4O5S2/c1-13-4-8-16(9-5-13)28-22(32)18(20(31)26-24(28)35)12-19-21(34-15(3)30)27-25(36)29(23(19)33)17-10-6-14(2)7-11-17/h4-12,19,21H,1-3H3,(H,27,36)(H,26,31,35)/b18-12-/t19-,21-/m1/s1. The summed E-state index contributed by atoms with van der Waals surface area (Å²) >= 11 is 10.6. The van der Waals surface area contributed by atoms with Crippen molar-refractivity contribution >= 4 is 69.7 Å². The third-order valence-corrected chi connectivity index (χ3v) is 6.21. The zero-order chi connectivity index (χ0) is 26.1. The van der Waals surface area contributed by atoms with Crippen LogP contribution in [0.15, 0.2) is 60.2 Å². The molecule has 2 fully saturated rings. The Labute approximate surface area is 218 Å². The van der Waals surface area contributed by atoms with Crippen molar-refractivity contribution < 1.29 is 23.9 Å². The average molecular weight is 523 g/mol. The van der Waals surface area contributed by atoms with Crippen molar-refractivity contribution in [3.8, 4) is 0 Å². The molecule has 2 heterocycles. The molecule has 2 aliphatic heterocycles. The van der Waals surface area contributed by atoms with Crippen LogP contribution in [0.3, 0.4) is 0 Å². The molecule has 0 bridgehead atoms. The number of ether oxygens (including phenoxy) is 1. The fraction of sp³-hybridized carbons (Fsp3) is 0.200. The SMILES string of the molecule is CC(=O)O[C@H]1NC(=S)N(c2ccc(C)cc2)C(=O)[C@@H]1/C=C1/C(=O)NC(=S)N(c2ccc(C)cc2)C1=O. The number of thiocarbonyl (C=S) groups is 2. The third kappa shape index (κ3) is 4.88. The lowest BCUT2D eigenvalue weighted by Gasteiger charge is -2.38. The second-order valence-corrected chi connectivity index (χ2v) is 9.10. The summed E-state index contributed by atoms with van der Waals surface area (Å²) in [6.07, 6.45) is -0.0361. The van der Waals surface area contributed by atoms with Crippen LogP contribution in [0.1, 0.15) is 18.1 Å². The van der Waals surface area contributed by atoms with Crippen molar-refractivity contribution in [2.75, 3.05) is 9.80 Å². The summed E-state index contributed by atoms with van der Waals surface area (Å²) in [6.45, 7) is 4.98. The van der Waals surface area contributed by atoms with Gasteiger partial charge in [0.05, 0.1) is 11.4 Å². The lowest BCUT2D eigenvalue weighted by atomic mass is 9.97. The minimum atomic E-state index is -1.24. The molecule has 36 heavy (non-hydrogen) atoms. The Bertz CT molecular complexity index is 1320. The fourth-order valence-corrected chi connectivity index (χ4v) is 4.41. The zero-order valence-corrected chi connectivity index (χ0v) is 21.2. The van der Waals surface area contributed by atoms with Crippen molar-refractivity contribution in [1.29, 1.82) is 0 Å². The number of nitrogens with one attached hydrogen (secondary N) is 2. The van der Waals surface area contributed by atoms with Crippen molar-refractivity contribution in [1.82, 2.24) is 10.6 Å². The first kappa shape index (κ1) is 25.1. The number of carbonyl (C=O) groups is 4. The molecule has 0 spiro atoms. The number of nitrogens with zero attached hydrogens (tertiary/aromatic N) is 2. The summed E-state index contributed by atoms with van der Waals surface area (Å²) in [7, 11) is 0. The molecule has 0 aliphatic carbocycles. The van der Waals surface area contributed by atoms with Gasteiger partial charge in [-0.15, -0.1) is 0 Å². The Balaban J connectivity index is 1.75. The predicted octanol–water partition coefficient (Wildman–Crippen LogP) is 2.40. The predicted molar refractivity (Wildman–Crippen MR) is 141 cm³/mol. The Morgan fingerprint density at radius 3 is 1.94 bits per heavy atom. The fourth-order valence-electron chi connectivity index (χ4n) is 3.82. The minimum absolute atomic E-state index is 0.0200. The van der Waals surface area contributed by atoms with Gasteiger partial charge in [0, 0.05) is 6.92 Å². The van der Waals surface area contributed by atoms with Gasteiger partial charge >= 0.3 is 5.97 Å². The van der Waals surface area contributed by atoms with Crippen LogP contribution in [0.5, 0.6) is 0 Å². The summed E-state index contributed by atoms with van der Waals surface area (Å²) in [5, 5.41) is 5.26. The van der Waals surface area contributed by atoms with Crippen LogP contribution >= 0.6 is 24.4 Å². The van der Waals surface area contributed by atoms with Crippen LogP contribution < -0.4 is 20.4 Å². The molecule has 2 atom stereocenters. The van der Waals surface area contributed by atoms with Crippen molar-refractivity contribution in [3.63, 3.8) is 0 Å². The van der Waals surface area contributed by atoms with E-state index >= 15 is 0 Å². The molecule has 0 unspecified atom stereocenters. The van der Waals surface area contributed by atoms with E-state index in [2.05, 4.69) is 10.6 Å². The molecule has 9 nitrogen and oxygen atoms in total. The average Bonchev–Trinajstić information content (AvgIpc) is 2.80. The minimum Gasteiger partial charge on any atom is -0.441 e. The molecule has 4 rings (SSSR count). The lowest BCUT2D eigenvalue weighted by Crippen LogP contribution is -2.61. The van der Waals surface area contributed by atoms with E-state index in [1.54, 1.807) is 36.4 Å². The Hall–Kier alpha value is -3.96. The van der Waals surface area contributed by atoms with Gasteiger partial charge in [0.15, 0.2) is 16.5 Å². The number of hydrogen-bond acceptors (Lipinski definition) is 7. The number of benzene rings is 2. The van der Waals surface area contributed by atoms with E-state index in [-0.39, 0.29) is 15.8 Å². The van der Waals surface area contributed by atoms with Gasteiger partial charge in [-0.2, -0.15) is 0 Å². The molecule has 0 saturated carbocycles. The highest BCUT2D eigenvalue weighted by Gasteiger charge is 2.43. The Morgan fingerprint density at radius 2 is 1.42 bits per heavy atom. The van der Waals surface area contributed by atoms with E-state index in [1.807, 2.05) is 26.0 Å². The number of amides is 3. The van der Waals surface area contributed by atoms with Gasteiger partial charge in [-0.05, 0) is 68.6 Å². The second kappa shape index (κ2) is 9.96. The van der Waals surface area contributed by atoms with Gasteiger partial charge in [-0.1, -0.05) is 35.4 Å². The van der Waals surface area contributed by atoms with Crippen LogP contribution in [0.4, 0.5) is 11.4 Å². The molecule has 2 N–H and O–H groups in total. The van der Waals surface area contributed by atoms with E-state index in [0.29, 0.717) is 11.4 Å². The number of anilines is 2. The number of hydrogen-bond donors (Lipinski definition) is 2. The van der Waals surface area contributed by atoms with Gasteiger partial charge < -0.3 is 10.1 Å². The molecule has 0 radical (unpaired) electrons. The van der Waals surface area contributed by atoms with Crippen molar-refractivity contribution in [2.24, 2.45) is 5.92 Å². The molecule has 11 heteroatoms. The largest absolute Gasteiger partial charge is 0.441 e. The topological polar surface area (TPSA) is 108 Å². The highest BCUT2D eigenvalue weighted by molar-refractivity contribution is 7.80. The lowest BCUT2D eigenvalue weighted by molar-refractivity contribution is -0.151. The van der Waals surface area contributed by atoms with Crippen LogP contribution in [0.25, 0.3) is 0 Å². The smallest absolute Gasteiger partial charge is 0.304 e. The Kier molecular flexibility index (Phi) is 6.95. The molecule has 2 saturated heterocycles. The highest BCUT2D eigenvalue weighted by atomic mass is 32.1. The molecule has 0 aromatic heterocycles. The third-order valence-electron chi connectivity index (χ3n) is 5.63. The first-order valence-electron chi connectivity index (χ1n) is 10.9. The maximum atomic E-state index is 13.6. The van der Waals surface area contributed by atoms with E-state index in [9.17, 15) is 19.2 Å². The van der Waals surface area contributed by atoms with E-state index in [4.69, 9.17) is 29.2 Å². The number of esters is 1. The van der Waals surface area contributed by atoms with Gasteiger partial charge in [0.1, 0.15) is 11.5 Å². The molecular formula is C25H22N4O5S2. The number of aryl methyl sites for hydroxylation is 2. The zero-order valence-electron chi connectivity index (χ0n) is 19.6. The first-order chi connectivity index (χ1) is 17.1. The van der Waals surface area contributed by atoms with Crippen molar-refractivity contribution in [3.05, 3.63) is 71.3 Å². The molecule has 2 aromatic carbocycles. The maximum Gasteiger partial charge on any atom is 0.304 e. The van der Waals surface area contributed by atoms with E-state index < -0.39 is 35.8 Å². The maximum absolute atomic E-state index is 13.6. The summed E-state index contributed by atoms with van der Waals surface area (Å²) in [5.74, 6) is -3.96. The van der Waals surface area contributed by atoms with E-state index in [0.717, 1.165) is 11.1 Å². The summed E-state index contributed by atoms with van der Waals surface area (Å²) in [6, 6.07) is 14.1. The van der Waals surface area contributed by atoms with Gasteiger partial charge in [0.25, 0.3) is 11.8 Å². The second-order valence-electron chi connectivity index (χ2n) is 8.33. The van der Waals surface area contributed by atoms with Crippen LogP contribution in [-0.4, -0.2) is 40.1 Å². The molecule has 184 valence electrons. The van der Waals surface area contributed by atoms with Gasteiger partial charge in [0.2, 0.25) is 5.91 Å². The number of rotatable bonds is 4. The quantitative estimate of drug-likeness (QED) is 0.273. The number of carbonyl (C=O) groups excluding carboxylic acids is 4. The first-order valence-corrected chi connectivity index (χ1v) is 11.7. The highest BCUT2D eigenvalue weighted by Crippen LogP contribution is 2.28. The van der Waals surface area contributed by atoms with Gasteiger partial charge in [-0.25, -0.2) is 0 Å². The normalized spacial score (nSPS) is 21.4. The van der Waals surface area contributed by atoms with Crippen LogP contribution in [-0.2, 0) is 23.9 Å². The van der Waals surface area contributed by atoms with Crippen LogP contribution in [0.2, 0.25) is 0 Å². The van der Waals surface area contributed by atoms with Gasteiger partial charge in [-0.3, -0.25) is 34.3 Å². The molecule has 3 amide bonds. The molecule has 2 aliphatic rings. The van der Waals surface area contributed by atoms with Crippen molar-refractivity contribution in [2.45, 2.75) is 27.0 Å². The Morgan fingerprint density at radius 1 is 0.889 bits per heavy atom. The monoisotopic (exact) mass is 522 g/mol. The summed E-state index contributed by atoms with van der Waals surface area (Å²) < 4.78 is 5.29.